The second-order valence-corrected chi connectivity index (χ2v) is 7.83. The zero-order chi connectivity index (χ0) is 22.1. The number of nitrogens with two attached hydrogens (primary N) is 1. The van der Waals surface area contributed by atoms with Gasteiger partial charge in [0, 0.05) is 41.6 Å². The Labute approximate surface area is 179 Å². The zero-order valence-electron chi connectivity index (χ0n) is 16.3. The molecule has 30 heavy (non-hydrogen) atoms. The first-order chi connectivity index (χ1) is 14.3. The average Bonchev–Trinajstić information content (AvgIpc) is 2.73. The molecule has 0 aromatic heterocycles. The molecule has 1 aromatic rings. The van der Waals surface area contributed by atoms with Gasteiger partial charge in [-0.15, -0.1) is 0 Å². The summed E-state index contributed by atoms with van der Waals surface area (Å²) in [5, 5.41) is 41.9. The number of hydrogen-bond donors (Lipinski definition) is 1. The average molecular weight is 423 g/mol. The molecule has 0 fully saturated rings. The van der Waals surface area contributed by atoms with E-state index in [0.717, 1.165) is 13.0 Å². The molecule has 152 valence electrons. The van der Waals surface area contributed by atoms with Crippen molar-refractivity contribution in [3.8, 4) is 18.2 Å². The lowest BCUT2D eigenvalue weighted by atomic mass is 9.58. The Balaban J connectivity index is 2.36. The normalized spacial score (nSPS) is 22.8. The van der Waals surface area contributed by atoms with Crippen molar-refractivity contribution < 1.29 is 4.92 Å². The summed E-state index contributed by atoms with van der Waals surface area (Å²) in [6.45, 7) is 3.87. The van der Waals surface area contributed by atoms with E-state index in [0.29, 0.717) is 18.7 Å². The monoisotopic (exact) mass is 422 g/mol. The molecule has 1 heterocycles. The lowest BCUT2D eigenvalue weighted by Crippen LogP contribution is -2.48. The first-order valence-electron chi connectivity index (χ1n) is 9.44. The molecular formula is C21H19ClN6O2. The van der Waals surface area contributed by atoms with E-state index < -0.39 is 22.2 Å². The molecule has 2 atom stereocenters. The largest absolute Gasteiger partial charge is 0.399 e. The summed E-state index contributed by atoms with van der Waals surface area (Å²) in [5.41, 5.74) is 4.85. The van der Waals surface area contributed by atoms with Crippen LogP contribution in [0.15, 0.2) is 41.1 Å². The third-order valence-electron chi connectivity index (χ3n) is 5.80. The summed E-state index contributed by atoms with van der Waals surface area (Å²) >= 11 is 5.98. The van der Waals surface area contributed by atoms with Gasteiger partial charge in [0.25, 0.3) is 5.69 Å². The highest BCUT2D eigenvalue weighted by Gasteiger charge is 2.55. The minimum absolute atomic E-state index is 0.118. The van der Waals surface area contributed by atoms with Gasteiger partial charge in [0.2, 0.25) is 0 Å². The molecule has 0 saturated carbocycles. The summed E-state index contributed by atoms with van der Waals surface area (Å²) in [5.74, 6) is -1.40. The van der Waals surface area contributed by atoms with Crippen LogP contribution in [-0.2, 0) is 0 Å². The van der Waals surface area contributed by atoms with Crippen LogP contribution in [0.5, 0.6) is 0 Å². The van der Waals surface area contributed by atoms with Crippen molar-refractivity contribution in [1.82, 2.24) is 4.90 Å². The van der Waals surface area contributed by atoms with Crippen LogP contribution in [-0.4, -0.2) is 29.5 Å². The molecule has 1 aliphatic heterocycles. The number of benzene rings is 1. The van der Waals surface area contributed by atoms with Gasteiger partial charge in [-0.1, -0.05) is 30.7 Å². The van der Waals surface area contributed by atoms with Gasteiger partial charge in [0.1, 0.15) is 6.07 Å². The van der Waals surface area contributed by atoms with Crippen LogP contribution in [0.3, 0.4) is 0 Å². The topological polar surface area (TPSA) is 144 Å². The molecule has 3 rings (SSSR count). The predicted octanol–water partition coefficient (Wildman–Crippen LogP) is 3.38. The van der Waals surface area contributed by atoms with Gasteiger partial charge in [-0.3, -0.25) is 15.0 Å². The molecule has 0 unspecified atom stereocenters. The van der Waals surface area contributed by atoms with Gasteiger partial charge >= 0.3 is 0 Å². The Bertz CT molecular complexity index is 1070. The molecular weight excluding hydrogens is 404 g/mol. The van der Waals surface area contributed by atoms with Crippen molar-refractivity contribution in [3.05, 3.63) is 61.8 Å². The summed E-state index contributed by atoms with van der Waals surface area (Å²) in [7, 11) is 0. The molecule has 0 saturated heterocycles. The highest BCUT2D eigenvalue weighted by Crippen LogP contribution is 2.55. The second kappa shape index (κ2) is 8.16. The van der Waals surface area contributed by atoms with Crippen molar-refractivity contribution in [2.45, 2.75) is 19.3 Å². The maximum Gasteiger partial charge on any atom is 0.274 e. The van der Waals surface area contributed by atoms with Crippen LogP contribution < -0.4 is 5.73 Å². The van der Waals surface area contributed by atoms with Gasteiger partial charge in [-0.25, -0.2) is 0 Å². The first kappa shape index (κ1) is 21.3. The SMILES string of the molecule is CCCN1CC=C2C(C#N)=C(N)C(C#N)(C#N)[C@@H](c3ccc(Cl)cc3[N+](=O)[O-])[C@H]2C1. The number of fused-ring (bicyclic) bond motifs is 1. The molecule has 0 radical (unpaired) electrons. The van der Waals surface area contributed by atoms with E-state index in [9.17, 15) is 25.9 Å². The van der Waals surface area contributed by atoms with Gasteiger partial charge < -0.3 is 5.73 Å². The van der Waals surface area contributed by atoms with Gasteiger partial charge in [-0.05, 0) is 24.6 Å². The zero-order valence-corrected chi connectivity index (χ0v) is 17.1. The van der Waals surface area contributed by atoms with Crippen LogP contribution >= 0.6 is 11.6 Å². The smallest absolute Gasteiger partial charge is 0.274 e. The van der Waals surface area contributed by atoms with Crippen LogP contribution in [0.4, 0.5) is 5.69 Å². The van der Waals surface area contributed by atoms with E-state index in [2.05, 4.69) is 11.0 Å². The Morgan fingerprint density at radius 1 is 1.37 bits per heavy atom. The standard InChI is InChI=1S/C21H19ClN6O2/c1-2-6-27-7-5-14-16(9-23)20(26)21(11-24,12-25)19(17(14)10-27)15-4-3-13(22)8-18(15)28(29)30/h3-5,8,17,19H,2,6-7,10,26H2,1H3/t17-,19-/m0/s1. The maximum atomic E-state index is 11.8. The van der Waals surface area contributed by atoms with E-state index in [1.54, 1.807) is 0 Å². The molecule has 0 bridgehead atoms. The molecule has 0 amide bonds. The van der Waals surface area contributed by atoms with Crippen LogP contribution in [0.2, 0.25) is 5.02 Å². The number of nitro benzene ring substituents is 1. The summed E-state index contributed by atoms with van der Waals surface area (Å²) in [4.78, 5) is 13.4. The van der Waals surface area contributed by atoms with E-state index >= 15 is 0 Å². The highest BCUT2D eigenvalue weighted by atomic mass is 35.5. The lowest BCUT2D eigenvalue weighted by Gasteiger charge is -2.45. The van der Waals surface area contributed by atoms with Crippen molar-refractivity contribution in [2.24, 2.45) is 17.1 Å². The van der Waals surface area contributed by atoms with Crippen molar-refractivity contribution in [1.29, 1.82) is 15.8 Å². The van der Waals surface area contributed by atoms with Gasteiger partial charge in [0.05, 0.1) is 28.3 Å². The Hall–Kier alpha value is -3.38. The quantitative estimate of drug-likeness (QED) is 0.578. The minimum atomic E-state index is -1.92. The molecule has 9 heteroatoms. The van der Waals surface area contributed by atoms with E-state index in [1.807, 2.05) is 25.1 Å². The van der Waals surface area contributed by atoms with E-state index in [1.165, 1.54) is 18.2 Å². The predicted molar refractivity (Wildman–Crippen MR) is 110 cm³/mol. The van der Waals surface area contributed by atoms with Crippen LogP contribution in [0, 0.1) is 55.4 Å². The third-order valence-corrected chi connectivity index (χ3v) is 6.04. The van der Waals surface area contributed by atoms with Crippen molar-refractivity contribution in [3.63, 3.8) is 0 Å². The fourth-order valence-electron chi connectivity index (χ4n) is 4.52. The summed E-state index contributed by atoms with van der Waals surface area (Å²) < 4.78 is 0. The Morgan fingerprint density at radius 3 is 2.63 bits per heavy atom. The number of nitrogens with zero attached hydrogens (tertiary/aromatic N) is 5. The molecule has 1 aromatic carbocycles. The molecule has 2 aliphatic rings. The van der Waals surface area contributed by atoms with E-state index in [-0.39, 0.29) is 27.5 Å². The summed E-state index contributed by atoms with van der Waals surface area (Å²) in [6, 6.07) is 10.2. The number of hydrogen-bond acceptors (Lipinski definition) is 7. The lowest BCUT2D eigenvalue weighted by molar-refractivity contribution is -0.385. The fourth-order valence-corrected chi connectivity index (χ4v) is 4.69. The van der Waals surface area contributed by atoms with E-state index in [4.69, 9.17) is 17.3 Å². The highest BCUT2D eigenvalue weighted by molar-refractivity contribution is 6.30. The molecule has 1 aliphatic carbocycles. The van der Waals surface area contributed by atoms with Crippen LogP contribution in [0.25, 0.3) is 0 Å². The number of halogens is 1. The minimum Gasteiger partial charge on any atom is -0.399 e. The number of rotatable bonds is 4. The van der Waals surface area contributed by atoms with Crippen molar-refractivity contribution in [2.75, 3.05) is 19.6 Å². The third kappa shape index (κ3) is 3.19. The van der Waals surface area contributed by atoms with Crippen LogP contribution in [0.1, 0.15) is 24.8 Å². The maximum absolute atomic E-state index is 11.8. The van der Waals surface area contributed by atoms with Gasteiger partial charge in [0.15, 0.2) is 5.41 Å². The Morgan fingerprint density at radius 2 is 2.07 bits per heavy atom. The molecule has 0 spiro atoms. The second-order valence-electron chi connectivity index (χ2n) is 7.40. The molecule has 8 nitrogen and oxygen atoms in total. The molecule has 2 N–H and O–H groups in total. The number of allylic oxidation sites excluding steroid dienone is 2. The Kier molecular flexibility index (Phi) is 5.80. The first-order valence-corrected chi connectivity index (χ1v) is 9.81. The van der Waals surface area contributed by atoms with Crippen molar-refractivity contribution >= 4 is 17.3 Å². The number of nitriles is 3. The number of nitro groups is 1. The fraction of sp³-hybridized carbons (Fsp3) is 0.381. The summed E-state index contributed by atoms with van der Waals surface area (Å²) in [6.07, 6.45) is 2.77. The van der Waals surface area contributed by atoms with Gasteiger partial charge in [-0.2, -0.15) is 15.8 Å².